The maximum Gasteiger partial charge on any atom is 0.236 e. The van der Waals surface area contributed by atoms with Gasteiger partial charge in [0.25, 0.3) is 0 Å². The summed E-state index contributed by atoms with van der Waals surface area (Å²) in [5, 5.41) is 7.44. The third-order valence-electron chi connectivity index (χ3n) is 5.76. The summed E-state index contributed by atoms with van der Waals surface area (Å²) in [6.45, 7) is 0. The SMILES string of the molecule is O=C(CCCc1ccc2ccc3cccc4ccc1c2c34)N1C(=O)CCC1=O. The van der Waals surface area contributed by atoms with E-state index in [1.165, 1.54) is 37.9 Å². The Hall–Kier alpha value is -3.27. The fourth-order valence-electron chi connectivity index (χ4n) is 4.41. The summed E-state index contributed by atoms with van der Waals surface area (Å²) in [4.78, 5) is 36.5. The topological polar surface area (TPSA) is 54.5 Å². The largest absolute Gasteiger partial charge is 0.274 e. The van der Waals surface area contributed by atoms with Crippen molar-refractivity contribution in [1.82, 2.24) is 4.90 Å². The molecule has 138 valence electrons. The molecule has 1 fully saturated rings. The highest BCUT2D eigenvalue weighted by molar-refractivity contribution is 6.23. The van der Waals surface area contributed by atoms with Crippen LogP contribution in [0.15, 0.2) is 54.6 Å². The van der Waals surface area contributed by atoms with Crippen molar-refractivity contribution in [1.29, 1.82) is 0 Å². The van der Waals surface area contributed by atoms with Gasteiger partial charge in [-0.1, -0.05) is 54.6 Å². The third kappa shape index (κ3) is 2.56. The van der Waals surface area contributed by atoms with Crippen LogP contribution in [0.5, 0.6) is 0 Å². The van der Waals surface area contributed by atoms with Gasteiger partial charge in [-0.15, -0.1) is 0 Å². The number of rotatable bonds is 4. The normalized spacial score (nSPS) is 14.8. The Morgan fingerprint density at radius 2 is 1.39 bits per heavy atom. The lowest BCUT2D eigenvalue weighted by Crippen LogP contribution is -2.35. The summed E-state index contributed by atoms with van der Waals surface area (Å²) >= 11 is 0. The molecule has 1 heterocycles. The molecule has 4 nitrogen and oxygen atoms in total. The first-order valence-electron chi connectivity index (χ1n) is 9.67. The fraction of sp³-hybridized carbons (Fsp3) is 0.208. The minimum Gasteiger partial charge on any atom is -0.274 e. The van der Waals surface area contributed by atoms with Gasteiger partial charge in [0.1, 0.15) is 0 Å². The molecule has 0 unspecified atom stereocenters. The van der Waals surface area contributed by atoms with E-state index in [0.717, 1.165) is 11.3 Å². The average Bonchev–Trinajstić information content (AvgIpc) is 3.05. The van der Waals surface area contributed by atoms with E-state index in [1.807, 2.05) is 0 Å². The van der Waals surface area contributed by atoms with Gasteiger partial charge in [-0.2, -0.15) is 0 Å². The smallest absolute Gasteiger partial charge is 0.236 e. The molecule has 0 saturated carbocycles. The van der Waals surface area contributed by atoms with Crippen molar-refractivity contribution in [2.75, 3.05) is 0 Å². The van der Waals surface area contributed by atoms with Gasteiger partial charge in [0.05, 0.1) is 0 Å². The van der Waals surface area contributed by atoms with Crippen LogP contribution in [0.3, 0.4) is 0 Å². The van der Waals surface area contributed by atoms with E-state index in [0.29, 0.717) is 6.42 Å². The minimum atomic E-state index is -0.370. The molecular weight excluding hydrogens is 350 g/mol. The van der Waals surface area contributed by atoms with Crippen molar-refractivity contribution in [3.05, 3.63) is 60.2 Å². The summed E-state index contributed by atoms with van der Waals surface area (Å²) in [5.74, 6) is -1.10. The minimum absolute atomic E-state index is 0.152. The van der Waals surface area contributed by atoms with E-state index in [1.54, 1.807) is 0 Å². The van der Waals surface area contributed by atoms with Gasteiger partial charge < -0.3 is 0 Å². The number of aryl methyl sites for hydroxylation is 1. The van der Waals surface area contributed by atoms with Crippen molar-refractivity contribution in [3.63, 3.8) is 0 Å². The first-order chi connectivity index (χ1) is 13.6. The Bertz CT molecular complexity index is 1230. The van der Waals surface area contributed by atoms with Crippen LogP contribution in [0.1, 0.15) is 31.2 Å². The zero-order valence-electron chi connectivity index (χ0n) is 15.4. The van der Waals surface area contributed by atoms with Crippen LogP contribution in [-0.2, 0) is 20.8 Å². The predicted octanol–water partition coefficient (Wildman–Crippen LogP) is 4.58. The Kier molecular flexibility index (Phi) is 3.86. The molecule has 4 aromatic rings. The Balaban J connectivity index is 1.44. The van der Waals surface area contributed by atoms with Crippen molar-refractivity contribution >= 4 is 50.0 Å². The third-order valence-corrected chi connectivity index (χ3v) is 5.76. The Morgan fingerprint density at radius 1 is 0.786 bits per heavy atom. The molecule has 4 aromatic carbocycles. The van der Waals surface area contributed by atoms with Gasteiger partial charge in [0, 0.05) is 19.3 Å². The van der Waals surface area contributed by atoms with E-state index in [-0.39, 0.29) is 37.0 Å². The van der Waals surface area contributed by atoms with Crippen LogP contribution in [0.25, 0.3) is 32.3 Å². The number of amides is 3. The summed E-state index contributed by atoms with van der Waals surface area (Å²) in [6, 6.07) is 19.2. The Labute approximate surface area is 162 Å². The molecule has 0 radical (unpaired) electrons. The summed E-state index contributed by atoms with van der Waals surface area (Å²) in [6.07, 6.45) is 1.86. The zero-order chi connectivity index (χ0) is 19.3. The molecule has 0 spiro atoms. The standard InChI is InChI=1S/C24H19NO3/c26-20(25-21(27)13-14-22(25)28)6-2-3-15-7-8-18-10-9-16-4-1-5-17-11-12-19(15)24(18)23(16)17/h1,4-5,7-12H,2-3,6,13-14H2. The number of likely N-dealkylation sites (tertiary alicyclic amines) is 1. The lowest BCUT2D eigenvalue weighted by atomic mass is 9.90. The second kappa shape index (κ2) is 6.41. The number of benzene rings is 4. The van der Waals surface area contributed by atoms with Crippen LogP contribution >= 0.6 is 0 Å². The average molecular weight is 369 g/mol. The molecule has 0 aromatic heterocycles. The van der Waals surface area contributed by atoms with Crippen LogP contribution in [0, 0.1) is 0 Å². The van der Waals surface area contributed by atoms with Crippen molar-refractivity contribution in [2.24, 2.45) is 0 Å². The van der Waals surface area contributed by atoms with Crippen LogP contribution in [0.4, 0.5) is 0 Å². The first kappa shape index (κ1) is 16.9. The molecule has 0 aliphatic carbocycles. The van der Waals surface area contributed by atoms with E-state index < -0.39 is 0 Å². The maximum absolute atomic E-state index is 12.3. The van der Waals surface area contributed by atoms with Gasteiger partial charge in [-0.25, -0.2) is 4.90 Å². The van der Waals surface area contributed by atoms with Gasteiger partial charge in [0.2, 0.25) is 17.7 Å². The molecule has 0 atom stereocenters. The highest BCUT2D eigenvalue weighted by Gasteiger charge is 2.33. The predicted molar refractivity (Wildman–Crippen MR) is 109 cm³/mol. The second-order valence-electron chi connectivity index (χ2n) is 7.45. The summed E-state index contributed by atoms with van der Waals surface area (Å²) in [5.41, 5.74) is 1.19. The second-order valence-corrected chi connectivity index (χ2v) is 7.45. The van der Waals surface area contributed by atoms with Crippen molar-refractivity contribution < 1.29 is 14.4 Å². The summed E-state index contributed by atoms with van der Waals surface area (Å²) < 4.78 is 0. The van der Waals surface area contributed by atoms with Crippen LogP contribution < -0.4 is 0 Å². The van der Waals surface area contributed by atoms with Gasteiger partial charge in [0.15, 0.2) is 0 Å². The lowest BCUT2D eigenvalue weighted by Gasteiger charge is -2.14. The number of hydrogen-bond acceptors (Lipinski definition) is 3. The number of nitrogens with zero attached hydrogens (tertiary/aromatic N) is 1. The van der Waals surface area contributed by atoms with Gasteiger partial charge in [-0.3, -0.25) is 14.4 Å². The monoisotopic (exact) mass is 369 g/mol. The molecule has 1 saturated heterocycles. The number of carbonyl (C=O) groups excluding carboxylic acids is 3. The Morgan fingerprint density at radius 3 is 2.11 bits per heavy atom. The first-order valence-corrected chi connectivity index (χ1v) is 9.67. The van der Waals surface area contributed by atoms with E-state index in [9.17, 15) is 14.4 Å². The molecule has 5 rings (SSSR count). The number of carbonyl (C=O) groups is 3. The van der Waals surface area contributed by atoms with Crippen molar-refractivity contribution in [2.45, 2.75) is 32.1 Å². The molecule has 4 heteroatoms. The molecule has 0 bridgehead atoms. The summed E-state index contributed by atoms with van der Waals surface area (Å²) in [7, 11) is 0. The van der Waals surface area contributed by atoms with E-state index >= 15 is 0 Å². The molecule has 1 aliphatic heterocycles. The van der Waals surface area contributed by atoms with Crippen LogP contribution in [-0.4, -0.2) is 22.6 Å². The maximum atomic E-state index is 12.3. The fourth-order valence-corrected chi connectivity index (χ4v) is 4.41. The molecule has 28 heavy (non-hydrogen) atoms. The van der Waals surface area contributed by atoms with E-state index in [4.69, 9.17) is 0 Å². The van der Waals surface area contributed by atoms with E-state index in [2.05, 4.69) is 54.6 Å². The van der Waals surface area contributed by atoms with Crippen molar-refractivity contribution in [3.8, 4) is 0 Å². The quantitative estimate of drug-likeness (QED) is 0.391. The lowest BCUT2D eigenvalue weighted by molar-refractivity contribution is -0.149. The van der Waals surface area contributed by atoms with Crippen LogP contribution in [0.2, 0.25) is 0 Å². The molecular formula is C24H19NO3. The van der Waals surface area contributed by atoms with Gasteiger partial charge in [-0.05, 0) is 50.7 Å². The highest BCUT2D eigenvalue weighted by Crippen LogP contribution is 2.36. The highest BCUT2D eigenvalue weighted by atomic mass is 16.2. The zero-order valence-corrected chi connectivity index (χ0v) is 15.4. The molecule has 0 N–H and O–H groups in total. The molecule has 1 aliphatic rings. The van der Waals surface area contributed by atoms with Gasteiger partial charge >= 0.3 is 0 Å². The number of imide groups is 3. The molecule has 3 amide bonds. The number of hydrogen-bond donors (Lipinski definition) is 0.